The molecule has 100 valence electrons. The lowest BCUT2D eigenvalue weighted by atomic mass is 10.0. The summed E-state index contributed by atoms with van der Waals surface area (Å²) in [6, 6.07) is 7.56. The van der Waals surface area contributed by atoms with E-state index in [0.717, 1.165) is 10.0 Å². The molecule has 5 nitrogen and oxygen atoms in total. The first-order valence-corrected chi connectivity index (χ1v) is 6.64. The van der Waals surface area contributed by atoms with Gasteiger partial charge in [-0.1, -0.05) is 28.9 Å². The molecule has 2 aromatic rings. The molecule has 0 spiro atoms. The van der Waals surface area contributed by atoms with Crippen molar-refractivity contribution in [1.29, 1.82) is 0 Å². The Balaban J connectivity index is 2.09. The van der Waals surface area contributed by atoms with Crippen molar-refractivity contribution in [3.8, 4) is 11.5 Å². The van der Waals surface area contributed by atoms with Gasteiger partial charge in [0.2, 0.25) is 11.8 Å². The van der Waals surface area contributed by atoms with Crippen LogP contribution < -0.4 is 0 Å². The van der Waals surface area contributed by atoms with Crippen LogP contribution in [0.3, 0.4) is 0 Å². The number of aromatic nitrogens is 2. The highest BCUT2D eigenvalue weighted by Gasteiger charge is 2.14. The molecule has 2 rings (SSSR count). The quantitative estimate of drug-likeness (QED) is 0.914. The number of rotatable bonds is 5. The van der Waals surface area contributed by atoms with Crippen LogP contribution >= 0.6 is 15.9 Å². The molecule has 1 heterocycles. The van der Waals surface area contributed by atoms with Gasteiger partial charge in [-0.2, -0.15) is 0 Å². The SMILES string of the molecule is CC(CC(=O)O)Cc1nnc(-c2cccc(Br)c2)o1. The Bertz CT molecular complexity index is 583. The average molecular weight is 325 g/mol. The molecule has 0 aliphatic rings. The van der Waals surface area contributed by atoms with Crippen molar-refractivity contribution in [2.75, 3.05) is 0 Å². The van der Waals surface area contributed by atoms with Crippen molar-refractivity contribution in [1.82, 2.24) is 10.2 Å². The average Bonchev–Trinajstić information content (AvgIpc) is 2.76. The molecule has 0 saturated heterocycles. The number of carboxylic acid groups (broad SMARTS) is 1. The molecule has 6 heteroatoms. The zero-order valence-corrected chi connectivity index (χ0v) is 11.9. The zero-order chi connectivity index (χ0) is 13.8. The number of hydrogen-bond donors (Lipinski definition) is 1. The monoisotopic (exact) mass is 324 g/mol. The Morgan fingerprint density at radius 1 is 1.47 bits per heavy atom. The Labute approximate surface area is 118 Å². The summed E-state index contributed by atoms with van der Waals surface area (Å²) in [4.78, 5) is 10.6. The van der Waals surface area contributed by atoms with Crippen molar-refractivity contribution in [2.45, 2.75) is 19.8 Å². The van der Waals surface area contributed by atoms with Crippen molar-refractivity contribution in [3.63, 3.8) is 0 Å². The van der Waals surface area contributed by atoms with Gasteiger partial charge in [-0.3, -0.25) is 4.79 Å². The summed E-state index contributed by atoms with van der Waals surface area (Å²) in [6.07, 6.45) is 0.557. The molecular weight excluding hydrogens is 312 g/mol. The molecule has 0 radical (unpaired) electrons. The first-order chi connectivity index (χ1) is 9.04. The number of benzene rings is 1. The molecule has 1 unspecified atom stereocenters. The number of hydrogen-bond acceptors (Lipinski definition) is 4. The van der Waals surface area contributed by atoms with Gasteiger partial charge in [-0.25, -0.2) is 0 Å². The van der Waals surface area contributed by atoms with Gasteiger partial charge in [0.25, 0.3) is 0 Å². The lowest BCUT2D eigenvalue weighted by Gasteiger charge is -2.03. The van der Waals surface area contributed by atoms with E-state index in [4.69, 9.17) is 9.52 Å². The molecule has 1 atom stereocenters. The fourth-order valence-corrected chi connectivity index (χ4v) is 2.14. The van der Waals surface area contributed by atoms with Crippen molar-refractivity contribution in [2.24, 2.45) is 5.92 Å². The Morgan fingerprint density at radius 2 is 2.26 bits per heavy atom. The van der Waals surface area contributed by atoms with E-state index >= 15 is 0 Å². The first-order valence-electron chi connectivity index (χ1n) is 5.84. The predicted molar refractivity (Wildman–Crippen MR) is 72.6 cm³/mol. The van der Waals surface area contributed by atoms with E-state index in [-0.39, 0.29) is 12.3 Å². The second-order valence-electron chi connectivity index (χ2n) is 4.42. The molecule has 0 aliphatic carbocycles. The number of aliphatic carboxylic acids is 1. The van der Waals surface area contributed by atoms with Crippen LogP contribution in [-0.2, 0) is 11.2 Å². The van der Waals surface area contributed by atoms with Gasteiger partial charge in [-0.15, -0.1) is 10.2 Å². The van der Waals surface area contributed by atoms with Crippen molar-refractivity contribution >= 4 is 21.9 Å². The standard InChI is InChI=1S/C13H13BrN2O3/c1-8(6-12(17)18)5-11-15-16-13(19-11)9-3-2-4-10(14)7-9/h2-4,7-8H,5-6H2,1H3,(H,17,18). The number of carboxylic acids is 1. The van der Waals surface area contributed by atoms with Crippen LogP contribution in [0.4, 0.5) is 0 Å². The van der Waals surface area contributed by atoms with Crippen LogP contribution in [-0.4, -0.2) is 21.3 Å². The van der Waals surface area contributed by atoms with Crippen molar-refractivity contribution < 1.29 is 14.3 Å². The molecule has 0 amide bonds. The molecule has 0 aliphatic heterocycles. The number of halogens is 1. The van der Waals surface area contributed by atoms with Gasteiger partial charge < -0.3 is 9.52 Å². The minimum absolute atomic E-state index is 0.0340. The van der Waals surface area contributed by atoms with Crippen LogP contribution in [0.2, 0.25) is 0 Å². The van der Waals surface area contributed by atoms with Gasteiger partial charge in [0.15, 0.2) is 0 Å². The highest BCUT2D eigenvalue weighted by atomic mass is 79.9. The summed E-state index contributed by atoms with van der Waals surface area (Å²) in [5.41, 5.74) is 0.832. The highest BCUT2D eigenvalue weighted by molar-refractivity contribution is 9.10. The molecule has 0 fully saturated rings. The minimum atomic E-state index is -0.820. The molecule has 0 bridgehead atoms. The van der Waals surface area contributed by atoms with E-state index < -0.39 is 5.97 Å². The lowest BCUT2D eigenvalue weighted by molar-refractivity contribution is -0.137. The first kappa shape index (κ1) is 13.7. The molecule has 1 aromatic heterocycles. The second kappa shape index (κ2) is 5.97. The van der Waals surface area contributed by atoms with E-state index in [1.807, 2.05) is 31.2 Å². The van der Waals surface area contributed by atoms with Crippen LogP contribution in [0, 0.1) is 5.92 Å². The van der Waals surface area contributed by atoms with Crippen LogP contribution in [0.5, 0.6) is 0 Å². The third-order valence-corrected chi connectivity index (χ3v) is 3.08. The van der Waals surface area contributed by atoms with Gasteiger partial charge in [0.05, 0.1) is 0 Å². The van der Waals surface area contributed by atoms with E-state index in [2.05, 4.69) is 26.1 Å². The predicted octanol–water partition coefficient (Wildman–Crippen LogP) is 3.15. The summed E-state index contributed by atoms with van der Waals surface area (Å²) in [6.45, 7) is 1.84. The third kappa shape index (κ3) is 3.89. The number of carbonyl (C=O) groups is 1. The molecule has 1 N–H and O–H groups in total. The summed E-state index contributed by atoms with van der Waals surface area (Å²) >= 11 is 3.38. The van der Waals surface area contributed by atoms with Crippen LogP contribution in [0.1, 0.15) is 19.2 Å². The Hall–Kier alpha value is -1.69. The zero-order valence-electron chi connectivity index (χ0n) is 10.3. The fraction of sp³-hybridized carbons (Fsp3) is 0.308. The van der Waals surface area contributed by atoms with Crippen LogP contribution in [0.25, 0.3) is 11.5 Å². The molecule has 0 saturated carbocycles. The van der Waals surface area contributed by atoms with E-state index in [0.29, 0.717) is 18.2 Å². The Kier molecular flexibility index (Phi) is 4.31. The van der Waals surface area contributed by atoms with Gasteiger partial charge >= 0.3 is 5.97 Å². The summed E-state index contributed by atoms with van der Waals surface area (Å²) in [7, 11) is 0. The van der Waals surface area contributed by atoms with Crippen LogP contribution in [0.15, 0.2) is 33.2 Å². The lowest BCUT2D eigenvalue weighted by Crippen LogP contribution is -2.07. The largest absolute Gasteiger partial charge is 0.481 e. The highest BCUT2D eigenvalue weighted by Crippen LogP contribution is 2.22. The molecular formula is C13H13BrN2O3. The van der Waals surface area contributed by atoms with E-state index in [1.165, 1.54) is 0 Å². The van der Waals surface area contributed by atoms with E-state index in [9.17, 15) is 4.79 Å². The van der Waals surface area contributed by atoms with Crippen molar-refractivity contribution in [3.05, 3.63) is 34.6 Å². The maximum absolute atomic E-state index is 10.6. The topological polar surface area (TPSA) is 76.2 Å². The minimum Gasteiger partial charge on any atom is -0.481 e. The Morgan fingerprint density at radius 3 is 2.95 bits per heavy atom. The third-order valence-electron chi connectivity index (χ3n) is 2.58. The molecule has 1 aromatic carbocycles. The normalized spacial score (nSPS) is 12.3. The summed E-state index contributed by atoms with van der Waals surface area (Å²) < 4.78 is 6.48. The van der Waals surface area contributed by atoms with Gasteiger partial charge in [-0.05, 0) is 24.1 Å². The fourth-order valence-electron chi connectivity index (χ4n) is 1.74. The van der Waals surface area contributed by atoms with Gasteiger partial charge in [0, 0.05) is 22.9 Å². The maximum atomic E-state index is 10.6. The number of nitrogens with zero attached hydrogens (tertiary/aromatic N) is 2. The molecule has 19 heavy (non-hydrogen) atoms. The van der Waals surface area contributed by atoms with Gasteiger partial charge in [0.1, 0.15) is 0 Å². The summed E-state index contributed by atoms with van der Waals surface area (Å²) in [5, 5.41) is 16.6. The maximum Gasteiger partial charge on any atom is 0.303 e. The van der Waals surface area contributed by atoms with E-state index in [1.54, 1.807) is 0 Å². The summed E-state index contributed by atoms with van der Waals surface area (Å²) in [5.74, 6) is 0.0510. The second-order valence-corrected chi connectivity index (χ2v) is 5.33. The smallest absolute Gasteiger partial charge is 0.303 e.